The van der Waals surface area contributed by atoms with Gasteiger partial charge in [0.1, 0.15) is 0 Å². The molecule has 1 saturated carbocycles. The van der Waals surface area contributed by atoms with Crippen LogP contribution in [0, 0.1) is 5.92 Å². The normalized spacial score (nSPS) is 22.6. The van der Waals surface area contributed by atoms with E-state index in [1.165, 1.54) is 17.7 Å². The van der Waals surface area contributed by atoms with Crippen molar-refractivity contribution in [3.05, 3.63) is 17.5 Å². The molecule has 0 unspecified atom stereocenters. The summed E-state index contributed by atoms with van der Waals surface area (Å²) in [6, 6.07) is 4.16. The lowest BCUT2D eigenvalue weighted by molar-refractivity contribution is 0.113. The SMILES string of the molecule is CCn1c(SCC2CCC([OH2+])CC2)nnc1-c1cccs1. The van der Waals surface area contributed by atoms with Crippen LogP contribution in [0.25, 0.3) is 10.7 Å². The molecule has 0 atom stereocenters. The minimum Gasteiger partial charge on any atom is -0.443 e. The molecule has 0 aliphatic heterocycles. The first-order valence-corrected chi connectivity index (χ1v) is 9.45. The van der Waals surface area contributed by atoms with Crippen LogP contribution in [0.3, 0.4) is 0 Å². The molecule has 21 heavy (non-hydrogen) atoms. The highest BCUT2D eigenvalue weighted by Crippen LogP contribution is 2.31. The summed E-state index contributed by atoms with van der Waals surface area (Å²) in [6.45, 7) is 3.05. The van der Waals surface area contributed by atoms with E-state index in [1.54, 1.807) is 11.3 Å². The maximum Gasteiger partial charge on any atom is 0.191 e. The van der Waals surface area contributed by atoms with E-state index < -0.39 is 0 Å². The third-order valence-corrected chi connectivity index (χ3v) is 6.13. The van der Waals surface area contributed by atoms with Gasteiger partial charge in [0.25, 0.3) is 0 Å². The maximum absolute atomic E-state index is 7.77. The quantitative estimate of drug-likeness (QED) is 0.625. The molecule has 0 radical (unpaired) electrons. The standard InChI is InChI=1S/C15H21N3OS2/c1-2-18-14(13-4-3-9-20-13)16-17-15(18)21-10-11-5-7-12(19)8-6-11/h3-4,9,11-12,19H,2,5-8,10H2,1H3/p+1. The minimum absolute atomic E-state index is 0.177. The third-order valence-electron chi connectivity index (χ3n) is 4.07. The molecule has 3 rings (SSSR count). The second-order valence-electron chi connectivity index (χ2n) is 5.56. The zero-order valence-corrected chi connectivity index (χ0v) is 13.9. The van der Waals surface area contributed by atoms with Crippen LogP contribution in [0.1, 0.15) is 32.6 Å². The van der Waals surface area contributed by atoms with Crippen molar-refractivity contribution in [2.24, 2.45) is 5.92 Å². The van der Waals surface area contributed by atoms with Gasteiger partial charge in [-0.05, 0) is 37.1 Å². The van der Waals surface area contributed by atoms with Gasteiger partial charge in [-0.15, -0.1) is 21.5 Å². The molecule has 2 aromatic heterocycles. The first-order valence-electron chi connectivity index (χ1n) is 7.59. The number of hydrogen-bond donors (Lipinski definition) is 0. The largest absolute Gasteiger partial charge is 0.443 e. The van der Waals surface area contributed by atoms with E-state index in [0.717, 1.165) is 42.0 Å². The van der Waals surface area contributed by atoms with Gasteiger partial charge in [-0.3, -0.25) is 0 Å². The van der Waals surface area contributed by atoms with E-state index in [9.17, 15) is 0 Å². The summed E-state index contributed by atoms with van der Waals surface area (Å²) in [5.41, 5.74) is 0. The molecule has 0 amide bonds. The van der Waals surface area contributed by atoms with Crippen LogP contribution >= 0.6 is 23.1 Å². The summed E-state index contributed by atoms with van der Waals surface area (Å²) in [4.78, 5) is 1.19. The molecule has 1 aliphatic carbocycles. The highest BCUT2D eigenvalue weighted by molar-refractivity contribution is 7.99. The first-order chi connectivity index (χ1) is 10.3. The second-order valence-corrected chi connectivity index (χ2v) is 7.49. The Morgan fingerprint density at radius 1 is 1.33 bits per heavy atom. The highest BCUT2D eigenvalue weighted by atomic mass is 32.2. The number of aromatic nitrogens is 3. The summed E-state index contributed by atoms with van der Waals surface area (Å²) in [7, 11) is 0. The van der Waals surface area contributed by atoms with Gasteiger partial charge in [-0.2, -0.15) is 0 Å². The molecular weight excluding hydrogens is 302 g/mol. The zero-order chi connectivity index (χ0) is 14.7. The van der Waals surface area contributed by atoms with E-state index in [0.29, 0.717) is 0 Å². The molecular formula is C15H22N3OS2+. The number of thiophene rings is 1. The van der Waals surface area contributed by atoms with Crippen molar-refractivity contribution >= 4 is 23.1 Å². The van der Waals surface area contributed by atoms with Crippen molar-refractivity contribution in [1.82, 2.24) is 14.8 Å². The summed E-state index contributed by atoms with van der Waals surface area (Å²) >= 11 is 3.54. The van der Waals surface area contributed by atoms with Crippen LogP contribution in [0.4, 0.5) is 0 Å². The lowest BCUT2D eigenvalue weighted by atomic mass is 9.89. The lowest BCUT2D eigenvalue weighted by Crippen LogP contribution is -2.19. The van der Waals surface area contributed by atoms with E-state index in [-0.39, 0.29) is 6.10 Å². The van der Waals surface area contributed by atoms with Crippen molar-refractivity contribution in [2.45, 2.75) is 50.4 Å². The Balaban J connectivity index is 1.66. The Kier molecular flexibility index (Phi) is 4.98. The zero-order valence-electron chi connectivity index (χ0n) is 12.3. The third kappa shape index (κ3) is 3.49. The van der Waals surface area contributed by atoms with Crippen molar-refractivity contribution in [3.63, 3.8) is 0 Å². The Morgan fingerprint density at radius 3 is 2.81 bits per heavy atom. The Bertz CT molecular complexity index is 559. The first kappa shape index (κ1) is 15.1. The number of hydrogen-bond acceptors (Lipinski definition) is 4. The number of nitrogens with zero attached hydrogens (tertiary/aromatic N) is 3. The monoisotopic (exact) mass is 324 g/mol. The van der Waals surface area contributed by atoms with Gasteiger partial charge >= 0.3 is 0 Å². The van der Waals surface area contributed by atoms with Crippen LogP contribution in [0.15, 0.2) is 22.7 Å². The average molecular weight is 324 g/mol. The van der Waals surface area contributed by atoms with E-state index in [4.69, 9.17) is 5.11 Å². The number of thioether (sulfide) groups is 1. The van der Waals surface area contributed by atoms with Crippen molar-refractivity contribution in [2.75, 3.05) is 5.75 Å². The molecule has 0 bridgehead atoms. The predicted octanol–water partition coefficient (Wildman–Crippen LogP) is 3.40. The summed E-state index contributed by atoms with van der Waals surface area (Å²) in [5, 5.41) is 19.7. The molecule has 1 fully saturated rings. The maximum atomic E-state index is 7.77. The fraction of sp³-hybridized carbons (Fsp3) is 0.600. The second kappa shape index (κ2) is 6.94. The lowest BCUT2D eigenvalue weighted by Gasteiger charge is -2.22. The summed E-state index contributed by atoms with van der Waals surface area (Å²) in [6.07, 6.45) is 4.69. The van der Waals surface area contributed by atoms with Crippen LogP contribution < -0.4 is 0 Å². The van der Waals surface area contributed by atoms with Crippen LogP contribution in [-0.2, 0) is 6.54 Å². The minimum atomic E-state index is 0.177. The fourth-order valence-corrected chi connectivity index (χ4v) is 4.70. The van der Waals surface area contributed by atoms with Crippen molar-refractivity contribution < 1.29 is 5.11 Å². The summed E-state index contributed by atoms with van der Waals surface area (Å²) < 4.78 is 2.21. The van der Waals surface area contributed by atoms with Crippen LogP contribution in [0.2, 0.25) is 0 Å². The highest BCUT2D eigenvalue weighted by Gasteiger charge is 2.23. The van der Waals surface area contributed by atoms with E-state index in [2.05, 4.69) is 39.2 Å². The molecule has 0 aromatic carbocycles. The van der Waals surface area contributed by atoms with Crippen molar-refractivity contribution in [3.8, 4) is 10.7 Å². The number of rotatable bonds is 5. The molecule has 6 heteroatoms. The molecule has 114 valence electrons. The Hall–Kier alpha value is -0.850. The Labute approximate surface area is 133 Å². The van der Waals surface area contributed by atoms with Crippen LogP contribution in [0.5, 0.6) is 0 Å². The molecule has 2 heterocycles. The molecule has 2 N–H and O–H groups in total. The Morgan fingerprint density at radius 2 is 2.14 bits per heavy atom. The van der Waals surface area contributed by atoms with Crippen molar-refractivity contribution in [1.29, 1.82) is 0 Å². The van der Waals surface area contributed by atoms with Gasteiger partial charge in [0.2, 0.25) is 0 Å². The molecule has 4 nitrogen and oxygen atoms in total. The predicted molar refractivity (Wildman–Crippen MR) is 89.1 cm³/mol. The van der Waals surface area contributed by atoms with E-state index >= 15 is 0 Å². The van der Waals surface area contributed by atoms with Gasteiger partial charge in [0.15, 0.2) is 17.1 Å². The van der Waals surface area contributed by atoms with Gasteiger partial charge < -0.3 is 9.67 Å². The summed E-state index contributed by atoms with van der Waals surface area (Å²) in [5.74, 6) is 2.84. The molecule has 0 spiro atoms. The average Bonchev–Trinajstić information content (AvgIpc) is 3.15. The van der Waals surface area contributed by atoms with Gasteiger partial charge in [0.05, 0.1) is 4.88 Å². The fourth-order valence-electron chi connectivity index (χ4n) is 2.79. The smallest absolute Gasteiger partial charge is 0.191 e. The van der Waals surface area contributed by atoms with E-state index in [1.807, 2.05) is 11.8 Å². The van der Waals surface area contributed by atoms with Gasteiger partial charge in [-0.1, -0.05) is 17.8 Å². The molecule has 2 aromatic rings. The van der Waals surface area contributed by atoms with Crippen LogP contribution in [-0.4, -0.2) is 31.7 Å². The molecule has 1 aliphatic rings. The topological polar surface area (TPSA) is 53.6 Å². The van der Waals surface area contributed by atoms with Gasteiger partial charge in [0, 0.05) is 25.1 Å². The van der Waals surface area contributed by atoms with Gasteiger partial charge in [-0.25, -0.2) is 0 Å². The molecule has 0 saturated heterocycles.